The quantitative estimate of drug-likeness (QED) is 0.783. The number of benzene rings is 1. The molecule has 2 unspecified atom stereocenters. The smallest absolute Gasteiger partial charge is 0.307 e. The van der Waals surface area contributed by atoms with E-state index in [0.717, 1.165) is 25.7 Å². The second kappa shape index (κ2) is 3.09. The van der Waals surface area contributed by atoms with Crippen molar-refractivity contribution in [3.05, 3.63) is 34.9 Å². The summed E-state index contributed by atoms with van der Waals surface area (Å²) in [5.41, 5.74) is 3.92. The molecule has 0 aromatic heterocycles. The number of carboxylic acid groups (broad SMARTS) is 1. The van der Waals surface area contributed by atoms with E-state index in [1.165, 1.54) is 16.7 Å². The van der Waals surface area contributed by atoms with Gasteiger partial charge in [-0.05, 0) is 43.7 Å². The van der Waals surface area contributed by atoms with Crippen LogP contribution in [0.25, 0.3) is 0 Å². The van der Waals surface area contributed by atoms with Gasteiger partial charge < -0.3 is 5.11 Å². The minimum absolute atomic E-state index is 0.0206. The Morgan fingerprint density at radius 3 is 2.88 bits per heavy atom. The molecule has 1 aromatic carbocycles. The van der Waals surface area contributed by atoms with Gasteiger partial charge in [0.2, 0.25) is 0 Å². The highest BCUT2D eigenvalue weighted by atomic mass is 16.4. The first kappa shape index (κ1) is 9.88. The van der Waals surface area contributed by atoms with Crippen molar-refractivity contribution in [2.24, 2.45) is 5.92 Å². The summed E-state index contributed by atoms with van der Waals surface area (Å²) in [6.07, 6.45) is 3.99. The Balaban J connectivity index is 2.08. The van der Waals surface area contributed by atoms with Crippen LogP contribution in [0.4, 0.5) is 0 Å². The third-order valence-electron chi connectivity index (χ3n) is 4.49. The van der Waals surface area contributed by atoms with Crippen molar-refractivity contribution in [2.75, 3.05) is 0 Å². The predicted molar refractivity (Wildman–Crippen MR) is 61.5 cm³/mol. The van der Waals surface area contributed by atoms with Crippen LogP contribution in [0.1, 0.15) is 36.0 Å². The highest BCUT2D eigenvalue weighted by molar-refractivity contribution is 5.75. The zero-order valence-corrected chi connectivity index (χ0v) is 9.49. The standard InChI is InChI=1S/C14H16O2/c1-9-2-3-10-4-6-14(12(10)8-9)7-5-11(14)13(15)16/h2-3,8,11H,4-7H2,1H3,(H,15,16). The molecule has 3 rings (SSSR count). The van der Waals surface area contributed by atoms with Gasteiger partial charge >= 0.3 is 5.97 Å². The van der Waals surface area contributed by atoms with E-state index in [0.29, 0.717) is 0 Å². The van der Waals surface area contributed by atoms with E-state index in [9.17, 15) is 9.90 Å². The van der Waals surface area contributed by atoms with Crippen LogP contribution in [0.2, 0.25) is 0 Å². The lowest BCUT2D eigenvalue weighted by Crippen LogP contribution is -2.46. The number of fused-ring (bicyclic) bond motifs is 2. The lowest BCUT2D eigenvalue weighted by atomic mass is 9.57. The Labute approximate surface area is 95.3 Å². The highest BCUT2D eigenvalue weighted by Gasteiger charge is 2.54. The van der Waals surface area contributed by atoms with E-state index in [-0.39, 0.29) is 11.3 Å². The zero-order valence-electron chi connectivity index (χ0n) is 9.49. The number of aliphatic carboxylic acids is 1. The molecule has 0 heterocycles. The summed E-state index contributed by atoms with van der Waals surface area (Å²) < 4.78 is 0. The van der Waals surface area contributed by atoms with Gasteiger partial charge in [0.15, 0.2) is 0 Å². The monoisotopic (exact) mass is 216 g/mol. The maximum absolute atomic E-state index is 11.2. The van der Waals surface area contributed by atoms with E-state index >= 15 is 0 Å². The third-order valence-corrected chi connectivity index (χ3v) is 4.49. The minimum atomic E-state index is -0.611. The molecule has 2 aliphatic carbocycles. The lowest BCUT2D eigenvalue weighted by molar-refractivity contribution is -0.149. The molecule has 0 radical (unpaired) electrons. The van der Waals surface area contributed by atoms with Crippen LogP contribution in [0.5, 0.6) is 0 Å². The fraction of sp³-hybridized carbons (Fsp3) is 0.500. The van der Waals surface area contributed by atoms with Crippen molar-refractivity contribution in [3.63, 3.8) is 0 Å². The molecule has 0 bridgehead atoms. The Morgan fingerprint density at radius 2 is 2.25 bits per heavy atom. The van der Waals surface area contributed by atoms with Crippen LogP contribution in [0, 0.1) is 12.8 Å². The molecule has 1 aromatic rings. The van der Waals surface area contributed by atoms with Crippen LogP contribution in [-0.2, 0) is 16.6 Å². The minimum Gasteiger partial charge on any atom is -0.481 e. The van der Waals surface area contributed by atoms with E-state index < -0.39 is 5.97 Å². The topological polar surface area (TPSA) is 37.3 Å². The first-order valence-electron chi connectivity index (χ1n) is 5.96. The molecule has 1 N–H and O–H groups in total. The number of hydrogen-bond donors (Lipinski definition) is 1. The molecule has 2 heteroatoms. The Morgan fingerprint density at radius 1 is 1.44 bits per heavy atom. The van der Waals surface area contributed by atoms with Gasteiger partial charge in [0.1, 0.15) is 0 Å². The van der Waals surface area contributed by atoms with Gasteiger partial charge in [-0.1, -0.05) is 23.8 Å². The lowest BCUT2D eigenvalue weighted by Gasteiger charge is -2.45. The van der Waals surface area contributed by atoms with Crippen LogP contribution in [0.3, 0.4) is 0 Å². The van der Waals surface area contributed by atoms with Crippen molar-refractivity contribution in [1.82, 2.24) is 0 Å². The summed E-state index contributed by atoms with van der Waals surface area (Å²) in [5, 5.41) is 9.25. The molecule has 0 saturated heterocycles. The number of aryl methyl sites for hydroxylation is 2. The van der Waals surface area contributed by atoms with E-state index in [4.69, 9.17) is 0 Å². The molecular weight excluding hydrogens is 200 g/mol. The Bertz CT molecular complexity index is 464. The normalized spacial score (nSPS) is 31.2. The molecular formula is C14H16O2. The fourth-order valence-corrected chi connectivity index (χ4v) is 3.48. The summed E-state index contributed by atoms with van der Waals surface area (Å²) in [7, 11) is 0. The second-order valence-electron chi connectivity index (χ2n) is 5.25. The molecule has 2 nitrogen and oxygen atoms in total. The summed E-state index contributed by atoms with van der Waals surface area (Å²) in [6, 6.07) is 6.51. The number of carbonyl (C=O) groups is 1. The van der Waals surface area contributed by atoms with Crippen LogP contribution >= 0.6 is 0 Å². The summed E-state index contributed by atoms with van der Waals surface area (Å²) >= 11 is 0. The van der Waals surface area contributed by atoms with Crippen molar-refractivity contribution in [2.45, 2.75) is 38.0 Å². The van der Waals surface area contributed by atoms with Crippen LogP contribution < -0.4 is 0 Å². The molecule has 0 aliphatic heterocycles. The maximum atomic E-state index is 11.2. The number of rotatable bonds is 1. The van der Waals surface area contributed by atoms with Crippen LogP contribution in [0.15, 0.2) is 18.2 Å². The van der Waals surface area contributed by atoms with Gasteiger partial charge in [0.25, 0.3) is 0 Å². The van der Waals surface area contributed by atoms with Crippen molar-refractivity contribution >= 4 is 5.97 Å². The van der Waals surface area contributed by atoms with Gasteiger partial charge in [-0.15, -0.1) is 0 Å². The first-order valence-corrected chi connectivity index (χ1v) is 5.96. The highest BCUT2D eigenvalue weighted by Crippen LogP contribution is 2.56. The number of carboxylic acids is 1. The van der Waals surface area contributed by atoms with Gasteiger partial charge in [-0.3, -0.25) is 4.79 Å². The zero-order chi connectivity index (χ0) is 11.3. The average Bonchev–Trinajstić information content (AvgIpc) is 2.55. The van der Waals surface area contributed by atoms with Crippen molar-refractivity contribution in [1.29, 1.82) is 0 Å². The van der Waals surface area contributed by atoms with Gasteiger partial charge in [0, 0.05) is 5.41 Å². The molecule has 2 aliphatic rings. The fourth-order valence-electron chi connectivity index (χ4n) is 3.48. The van der Waals surface area contributed by atoms with Crippen LogP contribution in [-0.4, -0.2) is 11.1 Å². The molecule has 1 spiro atoms. The summed E-state index contributed by atoms with van der Waals surface area (Å²) in [4.78, 5) is 11.2. The molecule has 1 saturated carbocycles. The van der Waals surface area contributed by atoms with Gasteiger partial charge in [-0.2, -0.15) is 0 Å². The van der Waals surface area contributed by atoms with E-state index in [2.05, 4.69) is 25.1 Å². The van der Waals surface area contributed by atoms with Gasteiger partial charge in [-0.25, -0.2) is 0 Å². The largest absolute Gasteiger partial charge is 0.481 e. The molecule has 1 fully saturated rings. The second-order valence-corrected chi connectivity index (χ2v) is 5.25. The third kappa shape index (κ3) is 1.10. The Hall–Kier alpha value is -1.31. The number of hydrogen-bond acceptors (Lipinski definition) is 1. The van der Waals surface area contributed by atoms with E-state index in [1.54, 1.807) is 0 Å². The SMILES string of the molecule is Cc1ccc2c(c1)C1(CC2)CCC1C(=O)O. The van der Waals surface area contributed by atoms with E-state index in [1.807, 2.05) is 0 Å². The molecule has 84 valence electrons. The van der Waals surface area contributed by atoms with Gasteiger partial charge in [0.05, 0.1) is 5.92 Å². The molecule has 2 atom stereocenters. The van der Waals surface area contributed by atoms with Crippen molar-refractivity contribution < 1.29 is 9.90 Å². The van der Waals surface area contributed by atoms with Crippen molar-refractivity contribution in [3.8, 4) is 0 Å². The first-order chi connectivity index (χ1) is 7.63. The summed E-state index contributed by atoms with van der Waals surface area (Å²) in [6.45, 7) is 2.08. The maximum Gasteiger partial charge on any atom is 0.307 e. The Kier molecular flexibility index (Phi) is 1.91. The average molecular weight is 216 g/mol. The molecule has 0 amide bonds. The molecule has 16 heavy (non-hydrogen) atoms. The predicted octanol–water partition coefficient (Wildman–Crippen LogP) is 2.67. The summed E-state index contributed by atoms with van der Waals surface area (Å²) in [5.74, 6) is -0.754.